The molecule has 1 N–H and O–H groups in total. The van der Waals surface area contributed by atoms with Gasteiger partial charge in [0.25, 0.3) is 0 Å². The van der Waals surface area contributed by atoms with E-state index in [1.54, 1.807) is 0 Å². The topological polar surface area (TPSA) is 77.2 Å². The quantitative estimate of drug-likeness (QED) is 0.443. The molecule has 22 heavy (non-hydrogen) atoms. The molecule has 3 atom stereocenters. The Balaban J connectivity index is 1.51. The van der Waals surface area contributed by atoms with Gasteiger partial charge in [0, 0.05) is 0 Å². The molecule has 0 radical (unpaired) electrons. The summed E-state index contributed by atoms with van der Waals surface area (Å²) in [5.74, 6) is 0.157. The van der Waals surface area contributed by atoms with Crippen LogP contribution in [0, 0.1) is 11.3 Å². The molecule has 2 aliphatic rings. The van der Waals surface area contributed by atoms with Crippen LogP contribution in [0.25, 0.3) is 0 Å². The van der Waals surface area contributed by atoms with Crippen LogP contribution in [0.5, 0.6) is 0 Å². The lowest BCUT2D eigenvalue weighted by Gasteiger charge is -2.20. The second-order valence-electron chi connectivity index (χ2n) is 6.79. The van der Waals surface area contributed by atoms with Crippen LogP contribution in [0.1, 0.15) is 46.5 Å². The van der Waals surface area contributed by atoms with Gasteiger partial charge in [-0.3, -0.25) is 4.79 Å². The van der Waals surface area contributed by atoms with Gasteiger partial charge in [-0.15, -0.1) is 0 Å². The first-order chi connectivity index (χ1) is 10.4. The SMILES string of the molecule is CCC(C)(C)C(=O)OCCNC(=O)OCC1CCC2OC2C1. The molecule has 0 aromatic rings. The number of epoxide rings is 1. The lowest BCUT2D eigenvalue weighted by Crippen LogP contribution is -2.33. The van der Waals surface area contributed by atoms with Crippen molar-refractivity contribution in [3.63, 3.8) is 0 Å². The van der Waals surface area contributed by atoms with E-state index in [1.807, 2.05) is 20.8 Å². The summed E-state index contributed by atoms with van der Waals surface area (Å²) in [6.45, 7) is 6.49. The summed E-state index contributed by atoms with van der Waals surface area (Å²) < 4.78 is 15.8. The number of hydrogen-bond acceptors (Lipinski definition) is 5. The highest BCUT2D eigenvalue weighted by Gasteiger charge is 2.43. The molecule has 0 spiro atoms. The second kappa shape index (κ2) is 7.31. The van der Waals surface area contributed by atoms with Crippen molar-refractivity contribution in [2.45, 2.75) is 58.7 Å². The maximum Gasteiger partial charge on any atom is 0.407 e. The Kier molecular flexibility index (Phi) is 5.67. The molecule has 3 unspecified atom stereocenters. The van der Waals surface area contributed by atoms with Gasteiger partial charge in [0.05, 0.1) is 30.8 Å². The predicted molar refractivity (Wildman–Crippen MR) is 80.4 cm³/mol. The van der Waals surface area contributed by atoms with Crippen molar-refractivity contribution in [1.29, 1.82) is 0 Å². The van der Waals surface area contributed by atoms with Crippen molar-refractivity contribution in [3.05, 3.63) is 0 Å². The largest absolute Gasteiger partial charge is 0.463 e. The van der Waals surface area contributed by atoms with Crippen LogP contribution in [-0.2, 0) is 19.0 Å². The van der Waals surface area contributed by atoms with Gasteiger partial charge in [0.15, 0.2) is 0 Å². The number of esters is 1. The summed E-state index contributed by atoms with van der Waals surface area (Å²) in [7, 11) is 0. The van der Waals surface area contributed by atoms with Gasteiger partial charge in [0.2, 0.25) is 0 Å². The molecule has 0 aromatic carbocycles. The first-order valence-corrected chi connectivity index (χ1v) is 8.15. The highest BCUT2D eigenvalue weighted by molar-refractivity contribution is 5.75. The molecule has 1 aliphatic heterocycles. The highest BCUT2D eigenvalue weighted by atomic mass is 16.6. The molecule has 1 aliphatic carbocycles. The number of hydrogen-bond donors (Lipinski definition) is 1. The summed E-state index contributed by atoms with van der Waals surface area (Å²) in [5.41, 5.74) is -0.482. The number of nitrogens with one attached hydrogen (secondary N) is 1. The standard InChI is InChI=1S/C16H27NO5/c1-4-16(2,3)14(18)20-8-7-17-15(19)21-10-11-5-6-12-13(9-11)22-12/h11-13H,4-10H2,1-3H3,(H,17,19). The summed E-state index contributed by atoms with van der Waals surface area (Å²) >= 11 is 0. The van der Waals surface area contributed by atoms with Crippen LogP contribution in [0.4, 0.5) is 4.79 Å². The lowest BCUT2D eigenvalue weighted by molar-refractivity contribution is -0.153. The Hall–Kier alpha value is -1.30. The van der Waals surface area contributed by atoms with Crippen LogP contribution in [0.3, 0.4) is 0 Å². The van der Waals surface area contributed by atoms with Gasteiger partial charge in [-0.2, -0.15) is 0 Å². The van der Waals surface area contributed by atoms with Crippen molar-refractivity contribution in [2.75, 3.05) is 19.8 Å². The Morgan fingerprint density at radius 2 is 2.00 bits per heavy atom. The smallest absolute Gasteiger partial charge is 0.407 e. The number of carbonyl (C=O) groups excluding carboxylic acids is 2. The van der Waals surface area contributed by atoms with Crippen LogP contribution in [0.15, 0.2) is 0 Å². The number of rotatable bonds is 7. The van der Waals surface area contributed by atoms with E-state index in [0.29, 0.717) is 31.2 Å². The normalized spacial score (nSPS) is 26.8. The first-order valence-electron chi connectivity index (χ1n) is 8.15. The minimum absolute atomic E-state index is 0.165. The average Bonchev–Trinajstić information content (AvgIpc) is 3.27. The zero-order valence-electron chi connectivity index (χ0n) is 13.7. The van der Waals surface area contributed by atoms with Gasteiger partial charge in [-0.05, 0) is 45.4 Å². The Morgan fingerprint density at radius 1 is 1.23 bits per heavy atom. The van der Waals surface area contributed by atoms with E-state index in [1.165, 1.54) is 0 Å². The molecule has 2 fully saturated rings. The van der Waals surface area contributed by atoms with E-state index < -0.39 is 11.5 Å². The van der Waals surface area contributed by atoms with Crippen LogP contribution in [0.2, 0.25) is 0 Å². The van der Waals surface area contributed by atoms with E-state index in [9.17, 15) is 9.59 Å². The molecule has 1 saturated heterocycles. The van der Waals surface area contributed by atoms with E-state index in [-0.39, 0.29) is 19.1 Å². The predicted octanol–water partition coefficient (Wildman–Crippen LogP) is 2.26. The van der Waals surface area contributed by atoms with E-state index in [4.69, 9.17) is 14.2 Å². The van der Waals surface area contributed by atoms with Crippen molar-refractivity contribution in [3.8, 4) is 0 Å². The zero-order valence-corrected chi connectivity index (χ0v) is 13.7. The van der Waals surface area contributed by atoms with Gasteiger partial charge < -0.3 is 19.5 Å². The Morgan fingerprint density at radius 3 is 2.68 bits per heavy atom. The van der Waals surface area contributed by atoms with Crippen LogP contribution < -0.4 is 5.32 Å². The van der Waals surface area contributed by atoms with E-state index >= 15 is 0 Å². The molecule has 126 valence electrons. The Bertz CT molecular complexity index is 409. The number of carbonyl (C=O) groups is 2. The zero-order chi connectivity index (χ0) is 16.2. The van der Waals surface area contributed by atoms with Crippen molar-refractivity contribution < 1.29 is 23.8 Å². The molecular formula is C16H27NO5. The lowest BCUT2D eigenvalue weighted by atomic mass is 9.90. The fourth-order valence-corrected chi connectivity index (χ4v) is 2.52. The fourth-order valence-electron chi connectivity index (χ4n) is 2.52. The summed E-state index contributed by atoms with van der Waals surface area (Å²) in [6, 6.07) is 0. The van der Waals surface area contributed by atoms with Gasteiger partial charge in [-0.1, -0.05) is 6.92 Å². The van der Waals surface area contributed by atoms with Crippen LogP contribution in [-0.4, -0.2) is 44.0 Å². The molecule has 2 rings (SSSR count). The maximum atomic E-state index is 11.7. The summed E-state index contributed by atoms with van der Waals surface area (Å²) in [5, 5.41) is 2.60. The molecular weight excluding hydrogens is 286 g/mol. The van der Waals surface area contributed by atoms with Gasteiger partial charge >= 0.3 is 12.1 Å². The molecule has 6 heteroatoms. The van der Waals surface area contributed by atoms with Crippen molar-refractivity contribution >= 4 is 12.1 Å². The summed E-state index contributed by atoms with van der Waals surface area (Å²) in [4.78, 5) is 23.3. The number of alkyl carbamates (subject to hydrolysis) is 1. The fraction of sp³-hybridized carbons (Fsp3) is 0.875. The molecule has 1 saturated carbocycles. The number of fused-ring (bicyclic) bond motifs is 1. The Labute approximate surface area is 131 Å². The monoisotopic (exact) mass is 313 g/mol. The summed E-state index contributed by atoms with van der Waals surface area (Å²) in [6.07, 6.45) is 4.24. The maximum absolute atomic E-state index is 11.7. The minimum Gasteiger partial charge on any atom is -0.463 e. The van der Waals surface area contributed by atoms with E-state index in [0.717, 1.165) is 19.3 Å². The highest BCUT2D eigenvalue weighted by Crippen LogP contribution is 2.39. The number of ether oxygens (including phenoxy) is 3. The number of amides is 1. The third-order valence-electron chi connectivity index (χ3n) is 4.60. The van der Waals surface area contributed by atoms with Crippen LogP contribution >= 0.6 is 0 Å². The van der Waals surface area contributed by atoms with Gasteiger partial charge in [-0.25, -0.2) is 4.79 Å². The third-order valence-corrected chi connectivity index (χ3v) is 4.60. The molecule has 6 nitrogen and oxygen atoms in total. The molecule has 1 amide bonds. The van der Waals surface area contributed by atoms with Gasteiger partial charge in [0.1, 0.15) is 6.61 Å². The van der Waals surface area contributed by atoms with E-state index in [2.05, 4.69) is 5.32 Å². The van der Waals surface area contributed by atoms with Crippen molar-refractivity contribution in [1.82, 2.24) is 5.32 Å². The molecule has 0 bridgehead atoms. The molecule has 0 aromatic heterocycles. The minimum atomic E-state index is -0.482. The second-order valence-corrected chi connectivity index (χ2v) is 6.79. The third kappa shape index (κ3) is 4.87. The first kappa shape index (κ1) is 17.1. The average molecular weight is 313 g/mol. The van der Waals surface area contributed by atoms with Crippen molar-refractivity contribution in [2.24, 2.45) is 11.3 Å². The molecule has 1 heterocycles.